The van der Waals surface area contributed by atoms with Crippen LogP contribution in [0.3, 0.4) is 0 Å². The van der Waals surface area contributed by atoms with Gasteiger partial charge >= 0.3 is 0 Å². The molecule has 2 rings (SSSR count). The molecule has 0 fully saturated rings. The maximum absolute atomic E-state index is 11.8. The largest absolute Gasteiger partial charge is 0.326 e. The van der Waals surface area contributed by atoms with Crippen LogP contribution in [-0.4, -0.2) is 20.7 Å². The van der Waals surface area contributed by atoms with E-state index >= 15 is 0 Å². The first kappa shape index (κ1) is 14.6. The lowest BCUT2D eigenvalue weighted by Crippen LogP contribution is -2.11. The SMILES string of the molecule is CCCCCC(=O)Nc1cccc(-n2ncnc2S)c1. The molecule has 0 spiro atoms. The topological polar surface area (TPSA) is 59.8 Å². The second-order valence-electron chi connectivity index (χ2n) is 4.53. The zero-order valence-corrected chi connectivity index (χ0v) is 12.3. The standard InChI is InChI=1S/C14H18N4OS/c1-2-3-4-8-13(19)17-11-6-5-7-12(9-11)18-14(20)15-10-16-18/h5-7,9-10H,2-4,8H2,1H3,(H,17,19)(H,15,16,20). The summed E-state index contributed by atoms with van der Waals surface area (Å²) in [5.74, 6) is 0.0419. The predicted octanol–water partition coefficient (Wildman–Crippen LogP) is 3.07. The molecule has 0 radical (unpaired) electrons. The van der Waals surface area contributed by atoms with E-state index < -0.39 is 0 Å². The molecule has 1 N–H and O–H groups in total. The van der Waals surface area contributed by atoms with Crippen molar-refractivity contribution in [2.24, 2.45) is 0 Å². The summed E-state index contributed by atoms with van der Waals surface area (Å²) < 4.78 is 1.61. The molecule has 5 nitrogen and oxygen atoms in total. The van der Waals surface area contributed by atoms with Crippen LogP contribution < -0.4 is 5.32 Å². The number of hydrogen-bond acceptors (Lipinski definition) is 4. The Bertz CT molecular complexity index is 582. The van der Waals surface area contributed by atoms with Gasteiger partial charge in [-0.25, -0.2) is 9.67 Å². The fourth-order valence-corrected chi connectivity index (χ4v) is 2.11. The number of unbranched alkanes of at least 4 members (excludes halogenated alkanes) is 2. The number of carbonyl (C=O) groups excluding carboxylic acids is 1. The number of hydrogen-bond donors (Lipinski definition) is 2. The normalized spacial score (nSPS) is 10.5. The minimum Gasteiger partial charge on any atom is -0.326 e. The van der Waals surface area contributed by atoms with Gasteiger partial charge in [-0.2, -0.15) is 5.10 Å². The summed E-state index contributed by atoms with van der Waals surface area (Å²) in [7, 11) is 0. The van der Waals surface area contributed by atoms with Gasteiger partial charge in [0.15, 0.2) is 5.16 Å². The predicted molar refractivity (Wildman–Crippen MR) is 81.4 cm³/mol. The number of anilines is 1. The summed E-state index contributed by atoms with van der Waals surface area (Å²) in [6.45, 7) is 2.12. The maximum Gasteiger partial charge on any atom is 0.224 e. The number of rotatable bonds is 6. The fraction of sp³-hybridized carbons (Fsp3) is 0.357. The Morgan fingerprint density at radius 3 is 2.95 bits per heavy atom. The van der Waals surface area contributed by atoms with Crippen LogP contribution in [0, 0.1) is 0 Å². The maximum atomic E-state index is 11.8. The quantitative estimate of drug-likeness (QED) is 0.635. The number of nitrogens with one attached hydrogen (secondary N) is 1. The van der Waals surface area contributed by atoms with Crippen molar-refractivity contribution in [3.63, 3.8) is 0 Å². The zero-order valence-electron chi connectivity index (χ0n) is 11.4. The van der Waals surface area contributed by atoms with Gasteiger partial charge in [0.1, 0.15) is 6.33 Å². The van der Waals surface area contributed by atoms with E-state index in [1.807, 2.05) is 24.3 Å². The molecule has 0 atom stereocenters. The van der Waals surface area contributed by atoms with Crippen molar-refractivity contribution in [3.8, 4) is 5.69 Å². The van der Waals surface area contributed by atoms with Crippen molar-refractivity contribution in [1.29, 1.82) is 0 Å². The molecule has 1 heterocycles. The van der Waals surface area contributed by atoms with Crippen LogP contribution in [0.4, 0.5) is 5.69 Å². The number of nitrogens with zero attached hydrogens (tertiary/aromatic N) is 3. The Hall–Kier alpha value is -1.82. The molecule has 0 unspecified atom stereocenters. The van der Waals surface area contributed by atoms with Gasteiger partial charge < -0.3 is 5.32 Å². The number of aromatic nitrogens is 3. The third-order valence-electron chi connectivity index (χ3n) is 2.91. The van der Waals surface area contributed by atoms with Crippen LogP contribution in [0.1, 0.15) is 32.6 Å². The summed E-state index contributed by atoms with van der Waals surface area (Å²) in [4.78, 5) is 15.8. The molecule has 0 aliphatic carbocycles. The molecule has 6 heteroatoms. The smallest absolute Gasteiger partial charge is 0.224 e. The first-order valence-electron chi connectivity index (χ1n) is 6.70. The second kappa shape index (κ2) is 7.09. The van der Waals surface area contributed by atoms with E-state index in [9.17, 15) is 4.79 Å². The molecule has 1 amide bonds. The van der Waals surface area contributed by atoms with Crippen molar-refractivity contribution < 1.29 is 4.79 Å². The molecular formula is C14H18N4OS. The molecule has 0 aliphatic heterocycles. The molecule has 0 saturated heterocycles. The van der Waals surface area contributed by atoms with E-state index in [2.05, 4.69) is 35.0 Å². The first-order valence-corrected chi connectivity index (χ1v) is 7.14. The van der Waals surface area contributed by atoms with Crippen LogP contribution in [0.15, 0.2) is 35.7 Å². The molecule has 0 bridgehead atoms. The lowest BCUT2D eigenvalue weighted by Gasteiger charge is -2.08. The van der Waals surface area contributed by atoms with E-state index in [4.69, 9.17) is 0 Å². The van der Waals surface area contributed by atoms with Gasteiger partial charge in [0, 0.05) is 12.1 Å². The van der Waals surface area contributed by atoms with Gasteiger partial charge in [-0.05, 0) is 24.6 Å². The molecule has 20 heavy (non-hydrogen) atoms. The van der Waals surface area contributed by atoms with Crippen molar-refractivity contribution >= 4 is 24.2 Å². The highest BCUT2D eigenvalue weighted by Crippen LogP contribution is 2.16. The van der Waals surface area contributed by atoms with Crippen molar-refractivity contribution in [1.82, 2.24) is 14.8 Å². The van der Waals surface area contributed by atoms with Crippen molar-refractivity contribution in [2.75, 3.05) is 5.32 Å². The lowest BCUT2D eigenvalue weighted by molar-refractivity contribution is -0.116. The van der Waals surface area contributed by atoms with Gasteiger partial charge in [-0.3, -0.25) is 4.79 Å². The van der Waals surface area contributed by atoms with E-state index in [0.29, 0.717) is 11.6 Å². The monoisotopic (exact) mass is 290 g/mol. The fourth-order valence-electron chi connectivity index (χ4n) is 1.89. The van der Waals surface area contributed by atoms with E-state index in [-0.39, 0.29) is 5.91 Å². The highest BCUT2D eigenvalue weighted by molar-refractivity contribution is 7.80. The molecule has 106 valence electrons. The van der Waals surface area contributed by atoms with Crippen LogP contribution in [-0.2, 0) is 4.79 Å². The Labute approximate surface area is 123 Å². The third-order valence-corrected chi connectivity index (χ3v) is 3.22. The summed E-state index contributed by atoms with van der Waals surface area (Å²) in [5.41, 5.74) is 1.58. The minimum atomic E-state index is 0.0419. The molecule has 0 aliphatic rings. The van der Waals surface area contributed by atoms with E-state index in [1.54, 1.807) is 4.68 Å². The van der Waals surface area contributed by atoms with E-state index in [0.717, 1.165) is 30.6 Å². The van der Waals surface area contributed by atoms with E-state index in [1.165, 1.54) is 6.33 Å². The summed E-state index contributed by atoms with van der Waals surface area (Å²) in [5, 5.41) is 7.49. The zero-order chi connectivity index (χ0) is 14.4. The van der Waals surface area contributed by atoms with Gasteiger partial charge in [0.05, 0.1) is 5.69 Å². The third kappa shape index (κ3) is 3.84. The second-order valence-corrected chi connectivity index (χ2v) is 4.93. The summed E-state index contributed by atoms with van der Waals surface area (Å²) in [6, 6.07) is 7.47. The van der Waals surface area contributed by atoms with Crippen molar-refractivity contribution in [2.45, 2.75) is 37.8 Å². The van der Waals surface area contributed by atoms with Crippen LogP contribution in [0.2, 0.25) is 0 Å². The Balaban J connectivity index is 2.03. The highest BCUT2D eigenvalue weighted by Gasteiger charge is 2.06. The average molecular weight is 290 g/mol. The average Bonchev–Trinajstić information content (AvgIpc) is 2.85. The van der Waals surface area contributed by atoms with Gasteiger partial charge in [-0.15, -0.1) is 12.6 Å². The molecule has 1 aromatic carbocycles. The van der Waals surface area contributed by atoms with Gasteiger partial charge in [0.25, 0.3) is 0 Å². The molecule has 2 aromatic rings. The van der Waals surface area contributed by atoms with Crippen LogP contribution in [0.5, 0.6) is 0 Å². The first-order chi connectivity index (χ1) is 9.70. The number of amides is 1. The number of thiol groups is 1. The van der Waals surface area contributed by atoms with Gasteiger partial charge in [-0.1, -0.05) is 25.8 Å². The number of benzene rings is 1. The Kier molecular flexibility index (Phi) is 5.17. The number of carbonyl (C=O) groups is 1. The van der Waals surface area contributed by atoms with Crippen LogP contribution >= 0.6 is 12.6 Å². The molecule has 1 aromatic heterocycles. The summed E-state index contributed by atoms with van der Waals surface area (Å²) in [6.07, 6.45) is 5.11. The van der Waals surface area contributed by atoms with Crippen molar-refractivity contribution in [3.05, 3.63) is 30.6 Å². The Morgan fingerprint density at radius 1 is 1.40 bits per heavy atom. The highest BCUT2D eigenvalue weighted by atomic mass is 32.1. The molecule has 0 saturated carbocycles. The minimum absolute atomic E-state index is 0.0419. The van der Waals surface area contributed by atoms with Gasteiger partial charge in [0.2, 0.25) is 5.91 Å². The lowest BCUT2D eigenvalue weighted by atomic mass is 10.2. The molecular weight excluding hydrogens is 272 g/mol. The summed E-state index contributed by atoms with van der Waals surface area (Å²) >= 11 is 4.22. The van der Waals surface area contributed by atoms with Crippen LogP contribution in [0.25, 0.3) is 5.69 Å². The Morgan fingerprint density at radius 2 is 2.25 bits per heavy atom.